The smallest absolute Gasteiger partial charge is 0.138 e. The topological polar surface area (TPSA) is 33.3 Å². The molecule has 1 fully saturated rings. The predicted octanol–water partition coefficient (Wildman–Crippen LogP) is 2.43. The van der Waals surface area contributed by atoms with Gasteiger partial charge in [0, 0.05) is 19.2 Å². The minimum absolute atomic E-state index is 0.0494. The van der Waals surface area contributed by atoms with Crippen molar-refractivity contribution in [2.45, 2.75) is 12.0 Å². The second-order valence-electron chi connectivity index (χ2n) is 4.37. The van der Waals surface area contributed by atoms with Crippen molar-refractivity contribution in [1.29, 1.82) is 0 Å². The minimum atomic E-state index is -0.176. The fraction of sp³-hybridized carbons (Fsp3) is 0.455. The van der Waals surface area contributed by atoms with E-state index in [0.717, 1.165) is 30.9 Å². The molecule has 0 amide bonds. The molecule has 3 rings (SSSR count). The quantitative estimate of drug-likeness (QED) is 0.715. The van der Waals surface area contributed by atoms with Crippen LogP contribution >= 0.6 is 22.6 Å². The lowest BCUT2D eigenvalue weighted by Crippen LogP contribution is -2.48. The molecule has 0 bridgehead atoms. The van der Waals surface area contributed by atoms with Crippen LogP contribution in [0.15, 0.2) is 12.1 Å². The molecular formula is C11H12FIN2O. The highest BCUT2D eigenvalue weighted by molar-refractivity contribution is 14.1. The van der Waals surface area contributed by atoms with E-state index in [-0.39, 0.29) is 11.4 Å². The van der Waals surface area contributed by atoms with Gasteiger partial charge >= 0.3 is 0 Å². The lowest BCUT2D eigenvalue weighted by Gasteiger charge is -2.36. The van der Waals surface area contributed by atoms with Crippen LogP contribution in [0.2, 0.25) is 0 Å². The highest BCUT2D eigenvalue weighted by atomic mass is 127. The summed E-state index contributed by atoms with van der Waals surface area (Å²) in [6.45, 7) is 2.30. The molecule has 1 atom stereocenters. The Kier molecular flexibility index (Phi) is 2.47. The maximum atomic E-state index is 13.5. The molecule has 0 aromatic heterocycles. The number of hydrogen-bond acceptors (Lipinski definition) is 3. The highest BCUT2D eigenvalue weighted by Crippen LogP contribution is 2.35. The van der Waals surface area contributed by atoms with Gasteiger partial charge in [-0.2, -0.15) is 0 Å². The molecule has 2 heterocycles. The molecule has 0 saturated carbocycles. The first-order chi connectivity index (χ1) is 7.69. The fourth-order valence-corrected chi connectivity index (χ4v) is 2.70. The van der Waals surface area contributed by atoms with E-state index in [9.17, 15) is 4.39 Å². The van der Waals surface area contributed by atoms with Crippen LogP contribution in [-0.4, -0.2) is 25.3 Å². The van der Waals surface area contributed by atoms with E-state index < -0.39 is 0 Å². The van der Waals surface area contributed by atoms with Crippen molar-refractivity contribution < 1.29 is 9.13 Å². The van der Waals surface area contributed by atoms with Crippen LogP contribution in [0.4, 0.5) is 15.8 Å². The standard InChI is InChI=1S/C11H12FIN2O/c12-7-3-10-9(4-8(7)13)14-5-11(15-10)1-2-16-6-11/h3-4,14-15H,1-2,5-6H2. The van der Waals surface area contributed by atoms with E-state index in [4.69, 9.17) is 4.74 Å². The second kappa shape index (κ2) is 3.73. The van der Waals surface area contributed by atoms with E-state index in [0.29, 0.717) is 10.2 Å². The molecule has 1 unspecified atom stereocenters. The SMILES string of the molecule is Fc1cc2c(cc1I)NCC1(CCOC1)N2. The molecule has 3 nitrogen and oxygen atoms in total. The molecule has 2 aliphatic heterocycles. The largest absolute Gasteiger partial charge is 0.381 e. The van der Waals surface area contributed by atoms with Gasteiger partial charge in [-0.05, 0) is 35.1 Å². The summed E-state index contributed by atoms with van der Waals surface area (Å²) in [6.07, 6.45) is 0.965. The molecule has 1 saturated heterocycles. The van der Waals surface area contributed by atoms with Gasteiger partial charge in [-0.1, -0.05) is 0 Å². The van der Waals surface area contributed by atoms with Crippen molar-refractivity contribution in [3.05, 3.63) is 21.5 Å². The first-order valence-corrected chi connectivity index (χ1v) is 6.35. The Morgan fingerprint density at radius 1 is 1.38 bits per heavy atom. The Morgan fingerprint density at radius 3 is 3.00 bits per heavy atom. The van der Waals surface area contributed by atoms with Crippen LogP contribution in [0.25, 0.3) is 0 Å². The maximum Gasteiger partial charge on any atom is 0.138 e. The summed E-state index contributed by atoms with van der Waals surface area (Å²) in [4.78, 5) is 0. The number of fused-ring (bicyclic) bond motifs is 1. The number of ether oxygens (including phenoxy) is 1. The molecular weight excluding hydrogens is 322 g/mol. The first-order valence-electron chi connectivity index (χ1n) is 5.27. The Hall–Kier alpha value is -0.560. The summed E-state index contributed by atoms with van der Waals surface area (Å²) >= 11 is 2.00. The van der Waals surface area contributed by atoms with Gasteiger partial charge in [-0.3, -0.25) is 0 Å². The van der Waals surface area contributed by atoms with E-state index in [1.165, 1.54) is 0 Å². The van der Waals surface area contributed by atoms with Gasteiger partial charge in [0.2, 0.25) is 0 Å². The third-order valence-electron chi connectivity index (χ3n) is 3.18. The number of benzene rings is 1. The van der Waals surface area contributed by atoms with Crippen LogP contribution in [-0.2, 0) is 4.74 Å². The van der Waals surface area contributed by atoms with E-state index in [1.54, 1.807) is 6.07 Å². The third-order valence-corrected chi connectivity index (χ3v) is 4.01. The zero-order chi connectivity index (χ0) is 11.2. The summed E-state index contributed by atoms with van der Waals surface area (Å²) in [7, 11) is 0. The lowest BCUT2D eigenvalue weighted by molar-refractivity contribution is 0.184. The predicted molar refractivity (Wildman–Crippen MR) is 69.4 cm³/mol. The highest BCUT2D eigenvalue weighted by Gasteiger charge is 2.37. The zero-order valence-corrected chi connectivity index (χ0v) is 10.8. The zero-order valence-electron chi connectivity index (χ0n) is 8.65. The number of rotatable bonds is 0. The first kappa shape index (κ1) is 10.6. The van der Waals surface area contributed by atoms with Crippen molar-refractivity contribution in [2.24, 2.45) is 0 Å². The maximum absolute atomic E-state index is 13.5. The van der Waals surface area contributed by atoms with Crippen LogP contribution in [0, 0.1) is 9.39 Å². The van der Waals surface area contributed by atoms with Crippen molar-refractivity contribution in [3.8, 4) is 0 Å². The molecule has 16 heavy (non-hydrogen) atoms. The number of halogens is 2. The minimum Gasteiger partial charge on any atom is -0.381 e. The molecule has 1 spiro atoms. The Bertz CT molecular complexity index is 432. The van der Waals surface area contributed by atoms with Crippen LogP contribution < -0.4 is 10.6 Å². The molecule has 1 aromatic carbocycles. The Balaban J connectivity index is 1.96. The van der Waals surface area contributed by atoms with Gasteiger partial charge in [0.15, 0.2) is 0 Å². The number of hydrogen-bond donors (Lipinski definition) is 2. The fourth-order valence-electron chi connectivity index (χ4n) is 2.24. The van der Waals surface area contributed by atoms with Crippen LogP contribution in [0.5, 0.6) is 0 Å². The summed E-state index contributed by atoms with van der Waals surface area (Å²) < 4.78 is 19.5. The Morgan fingerprint density at radius 2 is 2.25 bits per heavy atom. The average molecular weight is 334 g/mol. The summed E-state index contributed by atoms with van der Waals surface area (Å²) in [5.41, 5.74) is 1.77. The lowest BCUT2D eigenvalue weighted by atomic mass is 9.95. The normalized spacial score (nSPS) is 27.4. The third kappa shape index (κ3) is 1.66. The van der Waals surface area contributed by atoms with Crippen molar-refractivity contribution >= 4 is 34.0 Å². The molecule has 2 aliphatic rings. The molecule has 0 radical (unpaired) electrons. The Labute approximate surface area is 107 Å². The summed E-state index contributed by atoms with van der Waals surface area (Å²) in [6, 6.07) is 3.39. The summed E-state index contributed by atoms with van der Waals surface area (Å²) in [5, 5.41) is 6.76. The van der Waals surface area contributed by atoms with E-state index >= 15 is 0 Å². The molecule has 2 N–H and O–H groups in total. The summed E-state index contributed by atoms with van der Waals surface area (Å²) in [5.74, 6) is -0.176. The van der Waals surface area contributed by atoms with Crippen LogP contribution in [0.1, 0.15) is 6.42 Å². The number of anilines is 2. The van der Waals surface area contributed by atoms with Gasteiger partial charge in [0.25, 0.3) is 0 Å². The van der Waals surface area contributed by atoms with Gasteiger partial charge in [0.1, 0.15) is 5.82 Å². The van der Waals surface area contributed by atoms with Crippen LogP contribution in [0.3, 0.4) is 0 Å². The second-order valence-corrected chi connectivity index (χ2v) is 5.54. The van der Waals surface area contributed by atoms with Crippen molar-refractivity contribution in [1.82, 2.24) is 0 Å². The average Bonchev–Trinajstić information content (AvgIpc) is 2.69. The van der Waals surface area contributed by atoms with Crippen molar-refractivity contribution in [3.63, 3.8) is 0 Å². The monoisotopic (exact) mass is 334 g/mol. The molecule has 1 aromatic rings. The molecule has 0 aliphatic carbocycles. The van der Waals surface area contributed by atoms with Gasteiger partial charge in [-0.15, -0.1) is 0 Å². The number of nitrogens with one attached hydrogen (secondary N) is 2. The molecule has 86 valence electrons. The van der Waals surface area contributed by atoms with Crippen molar-refractivity contribution in [2.75, 3.05) is 30.4 Å². The van der Waals surface area contributed by atoms with E-state index in [2.05, 4.69) is 10.6 Å². The van der Waals surface area contributed by atoms with Gasteiger partial charge in [0.05, 0.1) is 27.1 Å². The molecule has 5 heteroatoms. The van der Waals surface area contributed by atoms with E-state index in [1.807, 2.05) is 28.7 Å². The van der Waals surface area contributed by atoms with Gasteiger partial charge < -0.3 is 15.4 Å². The van der Waals surface area contributed by atoms with Gasteiger partial charge in [-0.25, -0.2) is 4.39 Å².